The average molecular weight is 247 g/mol. The molecule has 98 valence electrons. The minimum atomic E-state index is -0.340. The quantitative estimate of drug-likeness (QED) is 0.885. The third kappa shape index (κ3) is 3.10. The topological polar surface area (TPSA) is 38.3 Å². The first-order chi connectivity index (χ1) is 8.70. The van der Waals surface area contributed by atoms with E-state index in [1.807, 2.05) is 30.3 Å². The predicted molar refractivity (Wildman–Crippen MR) is 71.3 cm³/mol. The van der Waals surface area contributed by atoms with Crippen molar-refractivity contribution in [1.29, 1.82) is 0 Å². The van der Waals surface area contributed by atoms with Crippen molar-refractivity contribution in [3.05, 3.63) is 35.9 Å². The van der Waals surface area contributed by atoms with Crippen LogP contribution in [0, 0.1) is 5.92 Å². The van der Waals surface area contributed by atoms with Gasteiger partial charge >= 0.3 is 0 Å². The summed E-state index contributed by atoms with van der Waals surface area (Å²) in [5.74, 6) is 0.488. The van der Waals surface area contributed by atoms with E-state index in [1.165, 1.54) is 0 Å². The predicted octanol–water partition coefficient (Wildman–Crippen LogP) is 2.16. The lowest BCUT2D eigenvalue weighted by Gasteiger charge is -2.32. The molecule has 1 unspecified atom stereocenters. The van der Waals surface area contributed by atoms with Crippen LogP contribution in [-0.2, 0) is 16.0 Å². The molecule has 0 aromatic heterocycles. The summed E-state index contributed by atoms with van der Waals surface area (Å²) in [7, 11) is 0. The summed E-state index contributed by atoms with van der Waals surface area (Å²) in [5.41, 5.74) is 1.14. The molecule has 2 rings (SSSR count). The Balaban J connectivity index is 1.92. The number of hydrogen-bond donors (Lipinski definition) is 1. The van der Waals surface area contributed by atoms with Crippen LogP contribution in [0.1, 0.15) is 25.8 Å². The van der Waals surface area contributed by atoms with Gasteiger partial charge in [0.15, 0.2) is 0 Å². The third-order valence-electron chi connectivity index (χ3n) is 3.69. The van der Waals surface area contributed by atoms with Crippen LogP contribution >= 0.6 is 0 Å². The van der Waals surface area contributed by atoms with Crippen LogP contribution in [0.2, 0.25) is 0 Å². The number of benzene rings is 1. The SMILES string of the molecule is CCC(C)[C@H]1CO[C@H](Cc2ccccc2)C(=O)N1. The molecule has 3 heteroatoms. The maximum absolute atomic E-state index is 12.0. The molecule has 1 fully saturated rings. The maximum Gasteiger partial charge on any atom is 0.249 e. The number of carbonyl (C=O) groups is 1. The molecular formula is C15H21NO2. The molecule has 0 bridgehead atoms. The van der Waals surface area contributed by atoms with Crippen LogP contribution in [0.15, 0.2) is 30.3 Å². The van der Waals surface area contributed by atoms with Crippen LogP contribution < -0.4 is 5.32 Å². The Hall–Kier alpha value is -1.35. The van der Waals surface area contributed by atoms with E-state index in [1.54, 1.807) is 0 Å². The minimum Gasteiger partial charge on any atom is -0.366 e. The van der Waals surface area contributed by atoms with Gasteiger partial charge in [0, 0.05) is 6.42 Å². The lowest BCUT2D eigenvalue weighted by molar-refractivity contribution is -0.141. The van der Waals surface area contributed by atoms with Crippen molar-refractivity contribution in [2.75, 3.05) is 6.61 Å². The summed E-state index contributed by atoms with van der Waals surface area (Å²) in [4.78, 5) is 12.0. The zero-order valence-corrected chi connectivity index (χ0v) is 11.1. The molecule has 3 nitrogen and oxygen atoms in total. The molecule has 18 heavy (non-hydrogen) atoms. The molecular weight excluding hydrogens is 226 g/mol. The van der Waals surface area contributed by atoms with Gasteiger partial charge in [-0.2, -0.15) is 0 Å². The average Bonchev–Trinajstić information content (AvgIpc) is 2.41. The van der Waals surface area contributed by atoms with E-state index in [0.717, 1.165) is 12.0 Å². The van der Waals surface area contributed by atoms with Gasteiger partial charge < -0.3 is 10.1 Å². The number of carbonyl (C=O) groups excluding carboxylic acids is 1. The fraction of sp³-hybridized carbons (Fsp3) is 0.533. The summed E-state index contributed by atoms with van der Waals surface area (Å²) in [6.45, 7) is 4.90. The summed E-state index contributed by atoms with van der Waals surface area (Å²) in [5, 5.41) is 3.07. The molecule has 1 aromatic carbocycles. The molecule has 3 atom stereocenters. The van der Waals surface area contributed by atoms with E-state index in [9.17, 15) is 4.79 Å². The monoisotopic (exact) mass is 247 g/mol. The fourth-order valence-corrected chi connectivity index (χ4v) is 2.18. The maximum atomic E-state index is 12.0. The van der Waals surface area contributed by atoms with Crippen LogP contribution in [0.25, 0.3) is 0 Å². The van der Waals surface area contributed by atoms with Gasteiger partial charge in [0.1, 0.15) is 6.10 Å². The summed E-state index contributed by atoms with van der Waals surface area (Å²) in [6, 6.07) is 10.2. The van der Waals surface area contributed by atoms with Crippen LogP contribution in [0.4, 0.5) is 0 Å². The van der Waals surface area contributed by atoms with Crippen molar-refractivity contribution in [3.63, 3.8) is 0 Å². The molecule has 1 amide bonds. The molecule has 0 spiro atoms. The molecule has 1 aliphatic rings. The second-order valence-corrected chi connectivity index (χ2v) is 5.01. The Kier molecular flexibility index (Phi) is 4.37. The van der Waals surface area contributed by atoms with Gasteiger partial charge in [-0.1, -0.05) is 50.6 Å². The summed E-state index contributed by atoms with van der Waals surface area (Å²) < 4.78 is 5.72. The largest absolute Gasteiger partial charge is 0.366 e. The highest BCUT2D eigenvalue weighted by molar-refractivity contribution is 5.82. The van der Waals surface area contributed by atoms with E-state index in [2.05, 4.69) is 19.2 Å². The van der Waals surface area contributed by atoms with Crippen molar-refractivity contribution in [3.8, 4) is 0 Å². The number of morpholine rings is 1. The zero-order valence-electron chi connectivity index (χ0n) is 11.1. The van der Waals surface area contributed by atoms with Crippen LogP contribution in [0.5, 0.6) is 0 Å². The first-order valence-corrected chi connectivity index (χ1v) is 6.66. The van der Waals surface area contributed by atoms with Crippen molar-refractivity contribution in [1.82, 2.24) is 5.32 Å². The first-order valence-electron chi connectivity index (χ1n) is 6.66. The number of ether oxygens (including phenoxy) is 1. The molecule has 1 aliphatic heterocycles. The molecule has 0 radical (unpaired) electrons. The summed E-state index contributed by atoms with van der Waals surface area (Å²) >= 11 is 0. The van der Waals surface area contributed by atoms with E-state index >= 15 is 0 Å². The first kappa shape index (κ1) is 13.1. The standard InChI is InChI=1S/C15H21NO2/c1-3-11(2)13-10-18-14(15(17)16-13)9-12-7-5-4-6-8-12/h4-8,11,13-14H,3,9-10H2,1-2H3,(H,16,17)/t11?,13-,14-/m1/s1. The third-order valence-corrected chi connectivity index (χ3v) is 3.69. The highest BCUT2D eigenvalue weighted by atomic mass is 16.5. The van der Waals surface area contributed by atoms with Crippen molar-refractivity contribution >= 4 is 5.91 Å². The summed E-state index contributed by atoms with van der Waals surface area (Å²) in [6.07, 6.45) is 1.37. The Bertz CT molecular complexity index is 391. The lowest BCUT2D eigenvalue weighted by Crippen LogP contribution is -2.54. The minimum absolute atomic E-state index is 0.0235. The van der Waals surface area contributed by atoms with Gasteiger partial charge in [-0.05, 0) is 11.5 Å². The number of rotatable bonds is 4. The van der Waals surface area contributed by atoms with Crippen LogP contribution in [-0.4, -0.2) is 24.7 Å². The molecule has 0 saturated carbocycles. The second kappa shape index (κ2) is 6.01. The van der Waals surface area contributed by atoms with Crippen molar-refractivity contribution < 1.29 is 9.53 Å². The normalized spacial score (nSPS) is 25.6. The van der Waals surface area contributed by atoms with Gasteiger partial charge in [0.2, 0.25) is 5.91 Å². The van der Waals surface area contributed by atoms with Crippen LogP contribution in [0.3, 0.4) is 0 Å². The van der Waals surface area contributed by atoms with Gasteiger partial charge in [-0.15, -0.1) is 0 Å². The highest BCUT2D eigenvalue weighted by Gasteiger charge is 2.30. The van der Waals surface area contributed by atoms with E-state index < -0.39 is 0 Å². The van der Waals surface area contributed by atoms with Crippen molar-refractivity contribution in [2.24, 2.45) is 5.92 Å². The molecule has 1 aromatic rings. The molecule has 1 N–H and O–H groups in total. The smallest absolute Gasteiger partial charge is 0.249 e. The number of amides is 1. The van der Waals surface area contributed by atoms with Gasteiger partial charge in [0.25, 0.3) is 0 Å². The molecule has 1 heterocycles. The Morgan fingerprint density at radius 2 is 2.11 bits per heavy atom. The van der Waals surface area contributed by atoms with Gasteiger partial charge in [-0.25, -0.2) is 0 Å². The number of hydrogen-bond acceptors (Lipinski definition) is 2. The Morgan fingerprint density at radius 1 is 1.39 bits per heavy atom. The zero-order chi connectivity index (χ0) is 13.0. The highest BCUT2D eigenvalue weighted by Crippen LogP contribution is 2.16. The number of nitrogens with one attached hydrogen (secondary N) is 1. The molecule has 0 aliphatic carbocycles. The van der Waals surface area contributed by atoms with Gasteiger partial charge in [-0.3, -0.25) is 4.79 Å². The second-order valence-electron chi connectivity index (χ2n) is 5.01. The molecule has 1 saturated heterocycles. The van der Waals surface area contributed by atoms with Gasteiger partial charge in [0.05, 0.1) is 12.6 Å². The Morgan fingerprint density at radius 3 is 2.72 bits per heavy atom. The fourth-order valence-electron chi connectivity index (χ4n) is 2.18. The van der Waals surface area contributed by atoms with E-state index in [0.29, 0.717) is 18.9 Å². The van der Waals surface area contributed by atoms with E-state index in [-0.39, 0.29) is 18.1 Å². The van der Waals surface area contributed by atoms with E-state index in [4.69, 9.17) is 4.74 Å². The van der Waals surface area contributed by atoms with Crippen molar-refractivity contribution in [2.45, 2.75) is 38.8 Å². The Labute approximate surface area is 109 Å². The lowest BCUT2D eigenvalue weighted by atomic mass is 9.97.